The van der Waals surface area contributed by atoms with Crippen LogP contribution in [0.4, 0.5) is 0 Å². The number of aliphatic hydroxyl groups is 1. The molecular weight excluding hydrogens is 162 g/mol. The van der Waals surface area contributed by atoms with E-state index in [0.29, 0.717) is 5.02 Å². The normalized spacial score (nSPS) is 13.0. The summed E-state index contributed by atoms with van der Waals surface area (Å²) in [6.45, 7) is -0.0796. The molecule has 3 heteroatoms. The number of hydrogen-bond acceptors (Lipinski definition) is 2. The molecule has 3 N–H and O–H groups in total. The Bertz CT molecular complexity index is 239. The second-order valence-electron chi connectivity index (χ2n) is 2.31. The minimum Gasteiger partial charge on any atom is -0.394 e. The Balaban J connectivity index is 2.93. The summed E-state index contributed by atoms with van der Waals surface area (Å²) in [4.78, 5) is 0. The molecule has 0 bridgehead atoms. The summed E-state index contributed by atoms with van der Waals surface area (Å²) in [6, 6.07) is 6.87. The van der Waals surface area contributed by atoms with Gasteiger partial charge in [-0.15, -0.1) is 0 Å². The van der Waals surface area contributed by atoms with Gasteiger partial charge < -0.3 is 10.8 Å². The van der Waals surface area contributed by atoms with Crippen LogP contribution in [0.5, 0.6) is 0 Å². The Morgan fingerprint density at radius 1 is 1.45 bits per heavy atom. The van der Waals surface area contributed by atoms with Crippen molar-refractivity contribution >= 4 is 11.6 Å². The quantitative estimate of drug-likeness (QED) is 0.706. The average molecular weight is 172 g/mol. The first-order chi connectivity index (χ1) is 5.25. The van der Waals surface area contributed by atoms with E-state index in [2.05, 4.69) is 0 Å². The number of halogens is 1. The SMILES string of the molecule is N[C@H](CO)c1ccccc1Cl. The molecule has 0 unspecified atom stereocenters. The lowest BCUT2D eigenvalue weighted by Gasteiger charge is -2.09. The summed E-state index contributed by atoms with van der Waals surface area (Å²) in [6.07, 6.45) is 0. The van der Waals surface area contributed by atoms with Crippen molar-refractivity contribution in [3.05, 3.63) is 34.9 Å². The van der Waals surface area contributed by atoms with Crippen LogP contribution in [0.1, 0.15) is 11.6 Å². The summed E-state index contributed by atoms with van der Waals surface area (Å²) in [5.41, 5.74) is 6.35. The average Bonchev–Trinajstić information content (AvgIpc) is 2.04. The monoisotopic (exact) mass is 171 g/mol. The van der Waals surface area contributed by atoms with E-state index in [1.807, 2.05) is 18.2 Å². The smallest absolute Gasteiger partial charge is 0.0624 e. The molecule has 11 heavy (non-hydrogen) atoms. The fourth-order valence-corrected chi connectivity index (χ4v) is 1.15. The third kappa shape index (κ3) is 1.93. The molecule has 0 saturated carbocycles. The third-order valence-electron chi connectivity index (χ3n) is 1.50. The van der Waals surface area contributed by atoms with E-state index in [1.165, 1.54) is 0 Å². The maximum atomic E-state index is 8.73. The Labute approximate surface area is 70.6 Å². The second-order valence-corrected chi connectivity index (χ2v) is 2.72. The molecule has 0 aromatic heterocycles. The molecule has 0 aliphatic rings. The molecule has 0 heterocycles. The van der Waals surface area contributed by atoms with Crippen molar-refractivity contribution in [1.29, 1.82) is 0 Å². The zero-order valence-corrected chi connectivity index (χ0v) is 6.75. The van der Waals surface area contributed by atoms with Gasteiger partial charge in [0.05, 0.1) is 12.6 Å². The fraction of sp³-hybridized carbons (Fsp3) is 0.250. The van der Waals surface area contributed by atoms with Crippen molar-refractivity contribution in [1.82, 2.24) is 0 Å². The number of aliphatic hydroxyl groups excluding tert-OH is 1. The molecule has 60 valence electrons. The van der Waals surface area contributed by atoms with Crippen LogP contribution in [0.25, 0.3) is 0 Å². The topological polar surface area (TPSA) is 46.2 Å². The molecule has 1 aromatic carbocycles. The van der Waals surface area contributed by atoms with Gasteiger partial charge in [-0.1, -0.05) is 29.8 Å². The maximum Gasteiger partial charge on any atom is 0.0624 e. The highest BCUT2D eigenvalue weighted by Gasteiger charge is 2.06. The van der Waals surface area contributed by atoms with Crippen LogP contribution in [0, 0.1) is 0 Å². The van der Waals surface area contributed by atoms with Gasteiger partial charge in [0.25, 0.3) is 0 Å². The summed E-state index contributed by atoms with van der Waals surface area (Å²) >= 11 is 5.81. The van der Waals surface area contributed by atoms with Crippen LogP contribution in [-0.4, -0.2) is 11.7 Å². The van der Waals surface area contributed by atoms with E-state index in [1.54, 1.807) is 6.07 Å². The van der Waals surface area contributed by atoms with Crippen LogP contribution >= 0.6 is 11.6 Å². The van der Waals surface area contributed by atoms with E-state index in [0.717, 1.165) is 5.56 Å². The summed E-state index contributed by atoms with van der Waals surface area (Å²) in [5.74, 6) is 0. The highest BCUT2D eigenvalue weighted by atomic mass is 35.5. The van der Waals surface area contributed by atoms with Crippen molar-refractivity contribution in [2.45, 2.75) is 6.04 Å². The van der Waals surface area contributed by atoms with Gasteiger partial charge in [0, 0.05) is 5.02 Å². The molecule has 0 amide bonds. The van der Waals surface area contributed by atoms with Gasteiger partial charge in [-0.25, -0.2) is 0 Å². The van der Waals surface area contributed by atoms with Crippen molar-refractivity contribution < 1.29 is 5.11 Å². The number of benzene rings is 1. The third-order valence-corrected chi connectivity index (χ3v) is 1.85. The molecule has 0 radical (unpaired) electrons. The molecule has 1 aromatic rings. The first kappa shape index (κ1) is 8.53. The molecular formula is C8H10ClNO. The number of hydrogen-bond donors (Lipinski definition) is 2. The number of rotatable bonds is 2. The maximum absolute atomic E-state index is 8.73. The van der Waals surface area contributed by atoms with E-state index in [4.69, 9.17) is 22.4 Å². The van der Waals surface area contributed by atoms with E-state index in [9.17, 15) is 0 Å². The zero-order valence-electron chi connectivity index (χ0n) is 6.00. The molecule has 0 aliphatic carbocycles. The summed E-state index contributed by atoms with van der Waals surface area (Å²) < 4.78 is 0. The van der Waals surface area contributed by atoms with E-state index >= 15 is 0 Å². The van der Waals surface area contributed by atoms with Gasteiger partial charge >= 0.3 is 0 Å². The Morgan fingerprint density at radius 2 is 2.09 bits per heavy atom. The van der Waals surface area contributed by atoms with E-state index in [-0.39, 0.29) is 12.6 Å². The van der Waals surface area contributed by atoms with Gasteiger partial charge in [-0.05, 0) is 11.6 Å². The fourth-order valence-electron chi connectivity index (χ4n) is 0.874. The Morgan fingerprint density at radius 3 is 2.64 bits per heavy atom. The second kappa shape index (κ2) is 3.72. The standard InChI is InChI=1S/C8H10ClNO/c9-7-4-2-1-3-6(7)8(10)5-11/h1-4,8,11H,5,10H2/t8-/m1/s1. The minimum atomic E-state index is -0.372. The zero-order chi connectivity index (χ0) is 8.27. The Kier molecular flexibility index (Phi) is 2.88. The van der Waals surface area contributed by atoms with Gasteiger partial charge in [-0.3, -0.25) is 0 Å². The highest BCUT2D eigenvalue weighted by molar-refractivity contribution is 6.31. The first-order valence-electron chi connectivity index (χ1n) is 3.36. The lowest BCUT2D eigenvalue weighted by Crippen LogP contribution is -2.14. The molecule has 1 rings (SSSR count). The molecule has 0 aliphatic heterocycles. The van der Waals surface area contributed by atoms with Crippen molar-refractivity contribution in [2.24, 2.45) is 5.73 Å². The first-order valence-corrected chi connectivity index (χ1v) is 3.74. The predicted molar refractivity (Wildman–Crippen MR) is 45.5 cm³/mol. The van der Waals surface area contributed by atoms with Crippen LogP contribution in [0.2, 0.25) is 5.02 Å². The molecule has 1 atom stereocenters. The van der Waals surface area contributed by atoms with E-state index < -0.39 is 0 Å². The van der Waals surface area contributed by atoms with Crippen LogP contribution < -0.4 is 5.73 Å². The molecule has 0 fully saturated rings. The van der Waals surface area contributed by atoms with Gasteiger partial charge in [-0.2, -0.15) is 0 Å². The minimum absolute atomic E-state index is 0.0796. The van der Waals surface area contributed by atoms with Gasteiger partial charge in [0.15, 0.2) is 0 Å². The Hall–Kier alpha value is -0.570. The van der Waals surface area contributed by atoms with Crippen molar-refractivity contribution in [3.63, 3.8) is 0 Å². The highest BCUT2D eigenvalue weighted by Crippen LogP contribution is 2.19. The lowest BCUT2D eigenvalue weighted by atomic mass is 10.1. The number of nitrogens with two attached hydrogens (primary N) is 1. The summed E-state index contributed by atoms with van der Waals surface area (Å²) in [7, 11) is 0. The van der Waals surface area contributed by atoms with Crippen molar-refractivity contribution in [2.75, 3.05) is 6.61 Å². The molecule has 2 nitrogen and oxygen atoms in total. The van der Waals surface area contributed by atoms with Gasteiger partial charge in [0.2, 0.25) is 0 Å². The predicted octanol–water partition coefficient (Wildman–Crippen LogP) is 1.33. The summed E-state index contributed by atoms with van der Waals surface area (Å²) in [5, 5.41) is 9.33. The van der Waals surface area contributed by atoms with Gasteiger partial charge in [0.1, 0.15) is 0 Å². The van der Waals surface area contributed by atoms with Crippen LogP contribution in [0.15, 0.2) is 24.3 Å². The molecule has 0 spiro atoms. The molecule has 0 saturated heterocycles. The van der Waals surface area contributed by atoms with Crippen LogP contribution in [-0.2, 0) is 0 Å². The largest absolute Gasteiger partial charge is 0.394 e. The van der Waals surface area contributed by atoms with Crippen LogP contribution in [0.3, 0.4) is 0 Å². The lowest BCUT2D eigenvalue weighted by molar-refractivity contribution is 0.268. The van der Waals surface area contributed by atoms with Crippen molar-refractivity contribution in [3.8, 4) is 0 Å².